The van der Waals surface area contributed by atoms with Gasteiger partial charge in [-0.05, 0) is 25.1 Å². The molecule has 0 aromatic heterocycles. The Hall–Kier alpha value is -2.12. The monoisotopic (exact) mass is 358 g/mol. The van der Waals surface area contributed by atoms with Gasteiger partial charge < -0.3 is 11.1 Å². The van der Waals surface area contributed by atoms with Crippen molar-refractivity contribution in [3.63, 3.8) is 0 Å². The van der Waals surface area contributed by atoms with E-state index in [4.69, 9.17) is 28.9 Å². The maximum atomic E-state index is 11.8. The van der Waals surface area contributed by atoms with E-state index in [2.05, 4.69) is 15.8 Å². The molecule has 0 atom stereocenters. The lowest BCUT2D eigenvalue weighted by Gasteiger charge is -2.07. The van der Waals surface area contributed by atoms with E-state index in [-0.39, 0.29) is 25.2 Å². The molecule has 0 aliphatic heterocycles. The molecule has 0 spiro atoms. The zero-order valence-corrected chi connectivity index (χ0v) is 13.9. The minimum atomic E-state index is -0.542. The maximum Gasteiger partial charge on any atom is 0.240 e. The van der Waals surface area contributed by atoms with Crippen LogP contribution in [0.5, 0.6) is 0 Å². The molecule has 0 radical (unpaired) electrons. The number of nitrogens with zero attached hydrogens (tertiary/aromatic N) is 1. The van der Waals surface area contributed by atoms with Gasteiger partial charge in [-0.25, -0.2) is 5.43 Å². The van der Waals surface area contributed by atoms with Crippen LogP contribution in [0.25, 0.3) is 0 Å². The summed E-state index contributed by atoms with van der Waals surface area (Å²) in [6.07, 6.45) is -0.157. The number of nitrogens with two attached hydrogens (primary N) is 1. The minimum Gasteiger partial charge on any atom is -0.369 e. The number of carbonyl (C=O) groups is 3. The van der Waals surface area contributed by atoms with Crippen LogP contribution in [0, 0.1) is 0 Å². The van der Waals surface area contributed by atoms with Crippen LogP contribution in [0.3, 0.4) is 0 Å². The quantitative estimate of drug-likeness (QED) is 0.511. The third-order valence-electron chi connectivity index (χ3n) is 2.59. The highest BCUT2D eigenvalue weighted by atomic mass is 35.5. The first kappa shape index (κ1) is 18.9. The first-order valence-corrected chi connectivity index (χ1v) is 7.38. The van der Waals surface area contributed by atoms with Crippen molar-refractivity contribution in [2.45, 2.75) is 26.2 Å². The first-order chi connectivity index (χ1) is 10.8. The number of anilines is 1. The van der Waals surface area contributed by atoms with E-state index < -0.39 is 11.8 Å². The van der Waals surface area contributed by atoms with E-state index in [9.17, 15) is 14.4 Å². The predicted octanol–water partition coefficient (Wildman–Crippen LogP) is 2.08. The van der Waals surface area contributed by atoms with Crippen molar-refractivity contribution in [1.82, 2.24) is 5.43 Å². The summed E-state index contributed by atoms with van der Waals surface area (Å²) in [5, 5.41) is 7.04. The molecule has 0 saturated carbocycles. The van der Waals surface area contributed by atoms with Gasteiger partial charge in [-0.15, -0.1) is 0 Å². The molecule has 0 bridgehead atoms. The van der Waals surface area contributed by atoms with Crippen molar-refractivity contribution in [3.8, 4) is 0 Å². The Labute approximate surface area is 143 Å². The highest BCUT2D eigenvalue weighted by Gasteiger charge is 2.09. The van der Waals surface area contributed by atoms with Crippen LogP contribution in [-0.2, 0) is 14.4 Å². The molecule has 0 aliphatic carbocycles. The molecule has 124 valence electrons. The summed E-state index contributed by atoms with van der Waals surface area (Å²) in [6, 6.07) is 4.66. The number of nitrogens with one attached hydrogen (secondary N) is 2. The summed E-state index contributed by atoms with van der Waals surface area (Å²) in [5.74, 6) is -1.37. The fourth-order valence-corrected chi connectivity index (χ4v) is 1.99. The van der Waals surface area contributed by atoms with Crippen molar-refractivity contribution in [2.75, 3.05) is 5.32 Å². The minimum absolute atomic E-state index is 0.0458. The van der Waals surface area contributed by atoms with Crippen LogP contribution in [0.1, 0.15) is 26.2 Å². The van der Waals surface area contributed by atoms with Gasteiger partial charge in [0, 0.05) is 23.6 Å². The molecule has 23 heavy (non-hydrogen) atoms. The highest BCUT2D eigenvalue weighted by Crippen LogP contribution is 2.25. The van der Waals surface area contributed by atoms with E-state index in [0.717, 1.165) is 0 Å². The Kier molecular flexibility index (Phi) is 7.50. The van der Waals surface area contributed by atoms with E-state index in [1.54, 1.807) is 19.1 Å². The van der Waals surface area contributed by atoms with E-state index >= 15 is 0 Å². The van der Waals surface area contributed by atoms with Crippen molar-refractivity contribution >= 4 is 52.3 Å². The Balaban J connectivity index is 2.41. The fourth-order valence-electron chi connectivity index (χ4n) is 1.54. The average Bonchev–Trinajstić information content (AvgIpc) is 2.45. The molecule has 0 heterocycles. The van der Waals surface area contributed by atoms with Crippen LogP contribution in [0.4, 0.5) is 5.69 Å². The van der Waals surface area contributed by atoms with Gasteiger partial charge in [0.25, 0.3) is 0 Å². The highest BCUT2D eigenvalue weighted by molar-refractivity contribution is 6.36. The van der Waals surface area contributed by atoms with Crippen LogP contribution in [0.15, 0.2) is 23.3 Å². The summed E-state index contributed by atoms with van der Waals surface area (Å²) < 4.78 is 0. The number of hydrogen-bond donors (Lipinski definition) is 3. The number of halogens is 2. The summed E-state index contributed by atoms with van der Waals surface area (Å²) in [6.45, 7) is 1.56. The zero-order valence-electron chi connectivity index (χ0n) is 12.4. The molecular weight excluding hydrogens is 343 g/mol. The molecule has 3 amide bonds. The number of hydrazone groups is 1. The van der Waals surface area contributed by atoms with E-state index in [1.165, 1.54) is 6.07 Å². The normalized spacial score (nSPS) is 11.0. The lowest BCUT2D eigenvalue weighted by molar-refractivity contribution is -0.124. The summed E-state index contributed by atoms with van der Waals surface area (Å²) >= 11 is 11.7. The van der Waals surface area contributed by atoms with Crippen molar-refractivity contribution in [1.29, 1.82) is 0 Å². The SMILES string of the molecule is C/C(CC(N)=O)=N\NC(=O)CCC(=O)Nc1ccc(Cl)cc1Cl. The van der Waals surface area contributed by atoms with Gasteiger partial charge >= 0.3 is 0 Å². The molecule has 9 heteroatoms. The zero-order chi connectivity index (χ0) is 17.4. The number of hydrogen-bond acceptors (Lipinski definition) is 4. The molecular formula is C14H16Cl2N4O3. The van der Waals surface area contributed by atoms with Crippen molar-refractivity contribution < 1.29 is 14.4 Å². The van der Waals surface area contributed by atoms with Gasteiger partial charge in [0.15, 0.2) is 0 Å². The first-order valence-electron chi connectivity index (χ1n) is 6.63. The molecule has 0 aliphatic rings. The molecule has 0 saturated heterocycles. The molecule has 1 aromatic carbocycles. The molecule has 0 fully saturated rings. The fraction of sp³-hybridized carbons (Fsp3) is 0.286. The topological polar surface area (TPSA) is 114 Å². The third kappa shape index (κ3) is 7.62. The second-order valence-electron chi connectivity index (χ2n) is 4.70. The van der Waals surface area contributed by atoms with Crippen molar-refractivity contribution in [3.05, 3.63) is 28.2 Å². The Morgan fingerprint density at radius 1 is 1.17 bits per heavy atom. The Bertz CT molecular complexity index is 647. The molecule has 4 N–H and O–H groups in total. The standard InChI is InChI=1S/C14H16Cl2N4O3/c1-8(6-12(17)21)19-20-14(23)5-4-13(22)18-11-3-2-9(15)7-10(11)16/h2-3,7H,4-6H2,1H3,(H2,17,21)(H,18,22)(H,20,23)/b19-8+. The second-order valence-corrected chi connectivity index (χ2v) is 5.54. The van der Waals surface area contributed by atoms with E-state index in [0.29, 0.717) is 21.4 Å². The Morgan fingerprint density at radius 3 is 2.43 bits per heavy atom. The van der Waals surface area contributed by atoms with E-state index in [1.807, 2.05) is 0 Å². The van der Waals surface area contributed by atoms with Gasteiger partial charge in [0.05, 0.1) is 17.1 Å². The summed E-state index contributed by atoms with van der Waals surface area (Å²) in [4.78, 5) is 34.0. The van der Waals surface area contributed by atoms with Crippen LogP contribution in [-0.4, -0.2) is 23.4 Å². The van der Waals surface area contributed by atoms with Gasteiger partial charge in [-0.3, -0.25) is 14.4 Å². The lowest BCUT2D eigenvalue weighted by Crippen LogP contribution is -2.23. The predicted molar refractivity (Wildman–Crippen MR) is 89.4 cm³/mol. The number of amides is 3. The lowest BCUT2D eigenvalue weighted by atomic mass is 10.2. The van der Waals surface area contributed by atoms with Crippen LogP contribution < -0.4 is 16.5 Å². The van der Waals surface area contributed by atoms with Crippen LogP contribution in [0.2, 0.25) is 10.0 Å². The van der Waals surface area contributed by atoms with Gasteiger partial charge in [-0.1, -0.05) is 23.2 Å². The third-order valence-corrected chi connectivity index (χ3v) is 3.13. The van der Waals surface area contributed by atoms with Gasteiger partial charge in [-0.2, -0.15) is 5.10 Å². The smallest absolute Gasteiger partial charge is 0.240 e. The maximum absolute atomic E-state index is 11.8. The number of benzene rings is 1. The van der Waals surface area contributed by atoms with Crippen LogP contribution >= 0.6 is 23.2 Å². The molecule has 1 aromatic rings. The largest absolute Gasteiger partial charge is 0.369 e. The second kappa shape index (κ2) is 9.12. The number of carbonyl (C=O) groups excluding carboxylic acids is 3. The molecule has 0 unspecified atom stereocenters. The van der Waals surface area contributed by atoms with Gasteiger partial charge in [0.2, 0.25) is 17.7 Å². The molecule has 1 rings (SSSR count). The Morgan fingerprint density at radius 2 is 1.83 bits per heavy atom. The summed E-state index contributed by atoms with van der Waals surface area (Å²) in [7, 11) is 0. The van der Waals surface area contributed by atoms with Crippen molar-refractivity contribution in [2.24, 2.45) is 10.8 Å². The summed E-state index contributed by atoms with van der Waals surface area (Å²) in [5.41, 5.74) is 8.02. The number of rotatable bonds is 7. The van der Waals surface area contributed by atoms with Gasteiger partial charge in [0.1, 0.15) is 0 Å². The number of primary amides is 1. The molecule has 7 nitrogen and oxygen atoms in total. The average molecular weight is 359 g/mol.